The fourth-order valence-corrected chi connectivity index (χ4v) is 4.02. The van der Waals surface area contributed by atoms with Gasteiger partial charge in [0, 0.05) is 12.0 Å². The monoisotopic (exact) mass is 399 g/mol. The number of benzene rings is 3. The van der Waals surface area contributed by atoms with E-state index < -0.39 is 15.8 Å². The van der Waals surface area contributed by atoms with Crippen LogP contribution in [0.2, 0.25) is 0 Å². The van der Waals surface area contributed by atoms with Gasteiger partial charge in [-0.2, -0.15) is 0 Å². The molecule has 0 amide bonds. The number of Topliss-reactive ketones (excluding diaryl/α,β-unsaturated/α-hetero) is 1. The van der Waals surface area contributed by atoms with Crippen molar-refractivity contribution in [1.82, 2.24) is 0 Å². The van der Waals surface area contributed by atoms with E-state index in [0.717, 1.165) is 6.07 Å². The summed E-state index contributed by atoms with van der Waals surface area (Å²) in [5.41, 5.74) is 0.912. The predicted molar refractivity (Wildman–Crippen MR) is 105 cm³/mol. The van der Waals surface area contributed by atoms with Gasteiger partial charge in [0.05, 0.1) is 17.7 Å². The van der Waals surface area contributed by atoms with Crippen LogP contribution in [0.25, 0.3) is 0 Å². The van der Waals surface area contributed by atoms with E-state index in [2.05, 4.69) is 4.72 Å². The summed E-state index contributed by atoms with van der Waals surface area (Å²) in [4.78, 5) is 12.6. The smallest absolute Gasteiger partial charge is 0.262 e. The van der Waals surface area contributed by atoms with E-state index in [-0.39, 0.29) is 22.8 Å². The Morgan fingerprint density at radius 2 is 1.71 bits per heavy atom. The van der Waals surface area contributed by atoms with Gasteiger partial charge in [0.25, 0.3) is 10.0 Å². The summed E-state index contributed by atoms with van der Waals surface area (Å²) in [6, 6.07) is 18.0. The van der Waals surface area contributed by atoms with E-state index in [9.17, 15) is 17.6 Å². The molecule has 3 aromatic rings. The number of hydrogen-bond donors (Lipinski definition) is 1. The molecule has 0 unspecified atom stereocenters. The van der Waals surface area contributed by atoms with Crippen molar-refractivity contribution in [2.24, 2.45) is 0 Å². The second-order valence-corrected chi connectivity index (χ2v) is 7.70. The van der Waals surface area contributed by atoms with Gasteiger partial charge >= 0.3 is 0 Å². The van der Waals surface area contributed by atoms with Gasteiger partial charge in [0.2, 0.25) is 0 Å². The molecule has 3 rings (SSSR count). The van der Waals surface area contributed by atoms with E-state index >= 15 is 0 Å². The lowest BCUT2D eigenvalue weighted by molar-refractivity contribution is 0.0992. The first-order valence-corrected chi connectivity index (χ1v) is 9.91. The Labute approximate surface area is 162 Å². The van der Waals surface area contributed by atoms with Gasteiger partial charge < -0.3 is 4.74 Å². The maximum absolute atomic E-state index is 13.3. The third-order valence-corrected chi connectivity index (χ3v) is 5.58. The Hall–Kier alpha value is -3.19. The number of hydrogen-bond acceptors (Lipinski definition) is 4. The van der Waals surface area contributed by atoms with E-state index in [1.807, 2.05) is 0 Å². The predicted octanol–water partition coefficient (Wildman–Crippen LogP) is 4.06. The Kier molecular flexibility index (Phi) is 5.75. The second kappa shape index (κ2) is 8.22. The van der Waals surface area contributed by atoms with Crippen LogP contribution in [0, 0.1) is 5.82 Å². The average Bonchev–Trinajstić information content (AvgIpc) is 2.68. The van der Waals surface area contributed by atoms with Gasteiger partial charge in [-0.25, -0.2) is 12.8 Å². The lowest BCUT2D eigenvalue weighted by Gasteiger charge is -2.12. The first kappa shape index (κ1) is 19.6. The number of rotatable bonds is 7. The van der Waals surface area contributed by atoms with Crippen LogP contribution in [0.5, 0.6) is 5.75 Å². The van der Waals surface area contributed by atoms with Crippen molar-refractivity contribution in [2.75, 3.05) is 11.8 Å². The van der Waals surface area contributed by atoms with Gasteiger partial charge in [0.15, 0.2) is 5.78 Å². The number of methoxy groups -OCH3 is 1. The van der Waals surface area contributed by atoms with Crippen LogP contribution in [0.3, 0.4) is 0 Å². The standard InChI is InChI=1S/C21H18FNO4S/c1-27-19-11-9-15(10-12-19)20(24)13-16-5-2-3-8-21(16)28(25,26)23-18-7-4-6-17(22)14-18/h2-12,14,23H,13H2,1H3. The van der Waals surface area contributed by atoms with Crippen LogP contribution in [-0.2, 0) is 16.4 Å². The van der Waals surface area contributed by atoms with Crippen LogP contribution < -0.4 is 9.46 Å². The van der Waals surface area contributed by atoms with Gasteiger partial charge in [0.1, 0.15) is 11.6 Å². The zero-order chi connectivity index (χ0) is 20.1. The molecule has 1 N–H and O–H groups in total. The molecule has 0 fully saturated rings. The highest BCUT2D eigenvalue weighted by Gasteiger charge is 2.20. The number of ketones is 1. The van der Waals surface area contributed by atoms with Crippen LogP contribution in [0.4, 0.5) is 10.1 Å². The first-order valence-electron chi connectivity index (χ1n) is 8.42. The lowest BCUT2D eigenvalue weighted by Crippen LogP contribution is -2.16. The molecule has 0 aliphatic carbocycles. The Morgan fingerprint density at radius 3 is 2.39 bits per heavy atom. The third kappa shape index (κ3) is 4.55. The van der Waals surface area contributed by atoms with E-state index in [4.69, 9.17) is 4.74 Å². The number of carbonyl (C=O) groups excluding carboxylic acids is 1. The summed E-state index contributed by atoms with van der Waals surface area (Å²) in [6.07, 6.45) is -0.0907. The molecule has 0 bridgehead atoms. The largest absolute Gasteiger partial charge is 0.497 e. The quantitative estimate of drug-likeness (QED) is 0.608. The van der Waals surface area contributed by atoms with E-state index in [1.165, 1.54) is 31.4 Å². The normalized spacial score (nSPS) is 11.1. The van der Waals surface area contributed by atoms with Crippen LogP contribution in [0.1, 0.15) is 15.9 Å². The van der Waals surface area contributed by atoms with Gasteiger partial charge in [-0.05, 0) is 54.1 Å². The highest BCUT2D eigenvalue weighted by Crippen LogP contribution is 2.22. The summed E-state index contributed by atoms with van der Waals surface area (Å²) < 4.78 is 46.3. The minimum Gasteiger partial charge on any atom is -0.497 e. The van der Waals surface area contributed by atoms with Crippen molar-refractivity contribution in [3.05, 3.63) is 89.7 Å². The molecule has 0 atom stereocenters. The highest BCUT2D eigenvalue weighted by molar-refractivity contribution is 7.92. The molecule has 7 heteroatoms. The van der Waals surface area contributed by atoms with Crippen LogP contribution in [-0.4, -0.2) is 21.3 Å². The van der Waals surface area contributed by atoms with E-state index in [0.29, 0.717) is 16.9 Å². The van der Waals surface area contributed by atoms with Crippen molar-refractivity contribution in [1.29, 1.82) is 0 Å². The van der Waals surface area contributed by atoms with Gasteiger partial charge in [-0.1, -0.05) is 24.3 Å². The average molecular weight is 399 g/mol. The molecule has 0 radical (unpaired) electrons. The highest BCUT2D eigenvalue weighted by atomic mass is 32.2. The van der Waals surface area contributed by atoms with Crippen LogP contribution in [0.15, 0.2) is 77.7 Å². The molecule has 0 aliphatic heterocycles. The summed E-state index contributed by atoms with van der Waals surface area (Å²) in [7, 11) is -2.46. The number of nitrogens with one attached hydrogen (secondary N) is 1. The van der Waals surface area contributed by atoms with Crippen molar-refractivity contribution < 1.29 is 22.3 Å². The number of ether oxygens (including phenoxy) is 1. The van der Waals surface area contributed by atoms with E-state index in [1.54, 1.807) is 42.5 Å². The number of carbonyl (C=O) groups is 1. The zero-order valence-electron chi connectivity index (χ0n) is 15.1. The Balaban J connectivity index is 1.86. The molecule has 5 nitrogen and oxygen atoms in total. The summed E-state index contributed by atoms with van der Waals surface area (Å²) in [5, 5.41) is 0. The molecule has 0 aromatic heterocycles. The summed E-state index contributed by atoms with van der Waals surface area (Å²) >= 11 is 0. The van der Waals surface area contributed by atoms with Crippen LogP contribution >= 0.6 is 0 Å². The van der Waals surface area contributed by atoms with Crippen molar-refractivity contribution in [3.8, 4) is 5.75 Å². The van der Waals surface area contributed by atoms with Crippen molar-refractivity contribution >= 4 is 21.5 Å². The molecule has 28 heavy (non-hydrogen) atoms. The Morgan fingerprint density at radius 1 is 1.00 bits per heavy atom. The molecule has 3 aromatic carbocycles. The maximum Gasteiger partial charge on any atom is 0.262 e. The third-order valence-electron chi connectivity index (χ3n) is 4.10. The minimum atomic E-state index is -3.99. The molecular formula is C21H18FNO4S. The SMILES string of the molecule is COc1ccc(C(=O)Cc2ccccc2S(=O)(=O)Nc2cccc(F)c2)cc1. The topological polar surface area (TPSA) is 72.5 Å². The van der Waals surface area contributed by atoms with Crippen molar-refractivity contribution in [2.45, 2.75) is 11.3 Å². The molecule has 144 valence electrons. The molecule has 0 spiro atoms. The Bertz CT molecular complexity index is 1100. The number of sulfonamides is 1. The van der Waals surface area contributed by atoms with Gasteiger partial charge in [-0.3, -0.25) is 9.52 Å². The zero-order valence-corrected chi connectivity index (χ0v) is 15.9. The summed E-state index contributed by atoms with van der Waals surface area (Å²) in [5.74, 6) is -0.155. The van der Waals surface area contributed by atoms with Gasteiger partial charge in [-0.15, -0.1) is 0 Å². The number of anilines is 1. The molecule has 0 aliphatic rings. The molecule has 0 saturated carbocycles. The lowest BCUT2D eigenvalue weighted by atomic mass is 10.0. The minimum absolute atomic E-state index is 0.0267. The molecular weight excluding hydrogens is 381 g/mol. The maximum atomic E-state index is 13.3. The summed E-state index contributed by atoms with van der Waals surface area (Å²) in [6.45, 7) is 0. The molecule has 0 heterocycles. The fraction of sp³-hybridized carbons (Fsp3) is 0.0952. The van der Waals surface area contributed by atoms with Crippen molar-refractivity contribution in [3.63, 3.8) is 0 Å². The first-order chi connectivity index (χ1) is 13.4. The number of halogens is 1. The second-order valence-electron chi connectivity index (χ2n) is 6.05. The fourth-order valence-electron chi connectivity index (χ4n) is 2.73. The molecule has 0 saturated heterocycles.